The fourth-order valence-electron chi connectivity index (χ4n) is 3.61. The Bertz CT molecular complexity index is 853. The van der Waals surface area contributed by atoms with Gasteiger partial charge >= 0.3 is 0 Å². The van der Waals surface area contributed by atoms with Crippen molar-refractivity contribution in [2.45, 2.75) is 20.0 Å². The highest BCUT2D eigenvalue weighted by atomic mass is 15.3. The summed E-state index contributed by atoms with van der Waals surface area (Å²) in [5.41, 5.74) is 4.99. The zero-order valence-electron chi connectivity index (χ0n) is 15.9. The lowest BCUT2D eigenvalue weighted by Gasteiger charge is -2.34. The summed E-state index contributed by atoms with van der Waals surface area (Å²) >= 11 is 0. The Morgan fingerprint density at radius 2 is 1.37 bits per heavy atom. The van der Waals surface area contributed by atoms with E-state index in [1.54, 1.807) is 0 Å². The van der Waals surface area contributed by atoms with Crippen LogP contribution in [0.4, 0.5) is 0 Å². The van der Waals surface area contributed by atoms with Gasteiger partial charge in [0.1, 0.15) is 0 Å². The van der Waals surface area contributed by atoms with Gasteiger partial charge in [-0.3, -0.25) is 9.80 Å². The van der Waals surface area contributed by atoms with Crippen molar-refractivity contribution in [3.05, 3.63) is 83.7 Å². The van der Waals surface area contributed by atoms with E-state index in [0.29, 0.717) is 0 Å². The van der Waals surface area contributed by atoms with Crippen molar-refractivity contribution in [1.29, 1.82) is 0 Å². The molecule has 0 N–H and O–H groups in total. The van der Waals surface area contributed by atoms with Gasteiger partial charge in [0.15, 0.2) is 5.82 Å². The number of aryl methyl sites for hydroxylation is 1. The van der Waals surface area contributed by atoms with Gasteiger partial charge in [-0.1, -0.05) is 60.2 Å². The number of aromatic nitrogens is 2. The molecule has 2 aromatic carbocycles. The summed E-state index contributed by atoms with van der Waals surface area (Å²) in [7, 11) is 0. The van der Waals surface area contributed by atoms with Gasteiger partial charge < -0.3 is 0 Å². The van der Waals surface area contributed by atoms with Crippen LogP contribution in [-0.4, -0.2) is 45.9 Å². The predicted molar refractivity (Wildman–Crippen MR) is 109 cm³/mol. The summed E-state index contributed by atoms with van der Waals surface area (Å²) in [6.07, 6.45) is 3.93. The number of hydrogen-bond donors (Lipinski definition) is 0. The summed E-state index contributed by atoms with van der Waals surface area (Å²) in [4.78, 5) is 14.1. The molecule has 27 heavy (non-hydrogen) atoms. The van der Waals surface area contributed by atoms with Crippen molar-refractivity contribution in [2.24, 2.45) is 0 Å². The first-order chi connectivity index (χ1) is 13.3. The van der Waals surface area contributed by atoms with Crippen LogP contribution in [0.3, 0.4) is 0 Å². The summed E-state index contributed by atoms with van der Waals surface area (Å²) < 4.78 is 0. The van der Waals surface area contributed by atoms with Crippen molar-refractivity contribution in [1.82, 2.24) is 19.8 Å². The first-order valence-electron chi connectivity index (χ1n) is 9.63. The molecule has 1 fully saturated rings. The summed E-state index contributed by atoms with van der Waals surface area (Å²) in [6, 6.07) is 19.0. The van der Waals surface area contributed by atoms with Crippen molar-refractivity contribution in [3.63, 3.8) is 0 Å². The number of benzene rings is 2. The molecule has 0 bridgehead atoms. The SMILES string of the molecule is Cc1cccc(CN2CCN(Cc3cnc(-c4ccccc4)nc3)CC2)c1. The molecule has 0 saturated carbocycles. The molecule has 4 heteroatoms. The molecule has 3 aromatic rings. The number of hydrogen-bond acceptors (Lipinski definition) is 4. The van der Waals surface area contributed by atoms with Gasteiger partial charge in [0, 0.05) is 62.8 Å². The molecule has 0 aliphatic carbocycles. The molecule has 1 saturated heterocycles. The maximum Gasteiger partial charge on any atom is 0.159 e. The Morgan fingerprint density at radius 1 is 0.741 bits per heavy atom. The van der Waals surface area contributed by atoms with Gasteiger partial charge in [0.25, 0.3) is 0 Å². The van der Waals surface area contributed by atoms with Gasteiger partial charge in [-0.2, -0.15) is 0 Å². The minimum absolute atomic E-state index is 0.794. The van der Waals surface area contributed by atoms with E-state index in [9.17, 15) is 0 Å². The second-order valence-electron chi connectivity index (χ2n) is 7.32. The third kappa shape index (κ3) is 4.79. The van der Waals surface area contributed by atoms with E-state index in [-0.39, 0.29) is 0 Å². The summed E-state index contributed by atoms with van der Waals surface area (Å²) in [5.74, 6) is 0.794. The molecular weight excluding hydrogens is 332 g/mol. The molecule has 1 aromatic heterocycles. The topological polar surface area (TPSA) is 32.3 Å². The van der Waals surface area contributed by atoms with Crippen molar-refractivity contribution < 1.29 is 0 Å². The lowest BCUT2D eigenvalue weighted by Crippen LogP contribution is -2.45. The zero-order valence-corrected chi connectivity index (χ0v) is 15.9. The normalized spacial score (nSPS) is 15.7. The zero-order chi connectivity index (χ0) is 18.5. The second kappa shape index (κ2) is 8.42. The number of rotatable bonds is 5. The van der Waals surface area contributed by atoms with Gasteiger partial charge in [0.05, 0.1) is 0 Å². The number of nitrogens with zero attached hydrogens (tertiary/aromatic N) is 4. The van der Waals surface area contributed by atoms with E-state index in [1.807, 2.05) is 42.7 Å². The molecular formula is C23H26N4. The predicted octanol–water partition coefficient (Wildman–Crippen LogP) is 3.77. The Hall–Kier alpha value is -2.56. The van der Waals surface area contributed by atoms with Crippen molar-refractivity contribution >= 4 is 0 Å². The maximum absolute atomic E-state index is 4.55. The molecule has 138 valence electrons. The van der Waals surface area contributed by atoms with Gasteiger partial charge in [-0.25, -0.2) is 9.97 Å². The molecule has 0 unspecified atom stereocenters. The minimum atomic E-state index is 0.794. The third-order valence-corrected chi connectivity index (χ3v) is 5.10. The fourth-order valence-corrected chi connectivity index (χ4v) is 3.61. The molecule has 2 heterocycles. The van der Waals surface area contributed by atoms with E-state index >= 15 is 0 Å². The van der Waals surface area contributed by atoms with Crippen LogP contribution in [0.1, 0.15) is 16.7 Å². The van der Waals surface area contributed by atoms with E-state index in [0.717, 1.165) is 50.7 Å². The molecule has 1 aliphatic heterocycles. The lowest BCUT2D eigenvalue weighted by atomic mass is 10.1. The quantitative estimate of drug-likeness (QED) is 0.695. The molecule has 4 rings (SSSR count). The highest BCUT2D eigenvalue weighted by molar-refractivity contribution is 5.53. The van der Waals surface area contributed by atoms with E-state index < -0.39 is 0 Å². The molecule has 0 spiro atoms. The minimum Gasteiger partial charge on any atom is -0.297 e. The largest absolute Gasteiger partial charge is 0.297 e. The Kier molecular flexibility index (Phi) is 5.56. The molecule has 0 radical (unpaired) electrons. The van der Waals surface area contributed by atoms with Crippen molar-refractivity contribution in [2.75, 3.05) is 26.2 Å². The first-order valence-corrected chi connectivity index (χ1v) is 9.63. The maximum atomic E-state index is 4.55. The number of piperazine rings is 1. The molecule has 0 atom stereocenters. The monoisotopic (exact) mass is 358 g/mol. The van der Waals surface area contributed by atoms with Crippen LogP contribution in [0.25, 0.3) is 11.4 Å². The van der Waals surface area contributed by atoms with Crippen LogP contribution >= 0.6 is 0 Å². The Labute approximate surface area is 161 Å². The first kappa shape index (κ1) is 17.8. The molecule has 0 amide bonds. The van der Waals surface area contributed by atoms with Crippen LogP contribution in [-0.2, 0) is 13.1 Å². The standard InChI is InChI=1S/C23H26N4/c1-19-6-5-7-20(14-19)17-26-10-12-27(13-11-26)18-21-15-24-23(25-16-21)22-8-3-2-4-9-22/h2-9,14-16H,10-13,17-18H2,1H3. The molecule has 1 aliphatic rings. The van der Waals surface area contributed by atoms with Gasteiger partial charge in [-0.15, -0.1) is 0 Å². The average molecular weight is 358 g/mol. The van der Waals surface area contributed by atoms with Gasteiger partial charge in [-0.05, 0) is 12.5 Å². The van der Waals surface area contributed by atoms with Crippen LogP contribution in [0, 0.1) is 6.92 Å². The smallest absolute Gasteiger partial charge is 0.159 e. The highest BCUT2D eigenvalue weighted by Crippen LogP contribution is 2.15. The summed E-state index contributed by atoms with van der Waals surface area (Å²) in [6.45, 7) is 8.52. The van der Waals surface area contributed by atoms with Crippen LogP contribution in [0.2, 0.25) is 0 Å². The Balaban J connectivity index is 1.29. The fraction of sp³-hybridized carbons (Fsp3) is 0.304. The van der Waals surface area contributed by atoms with E-state index in [1.165, 1.54) is 16.7 Å². The van der Waals surface area contributed by atoms with Crippen LogP contribution in [0.15, 0.2) is 67.0 Å². The average Bonchev–Trinajstić information content (AvgIpc) is 2.71. The van der Waals surface area contributed by atoms with E-state index in [4.69, 9.17) is 0 Å². The Morgan fingerprint density at radius 3 is 2.00 bits per heavy atom. The lowest BCUT2D eigenvalue weighted by molar-refractivity contribution is 0.122. The molecule has 4 nitrogen and oxygen atoms in total. The van der Waals surface area contributed by atoms with Gasteiger partial charge in [0.2, 0.25) is 0 Å². The highest BCUT2D eigenvalue weighted by Gasteiger charge is 2.17. The van der Waals surface area contributed by atoms with Crippen LogP contribution < -0.4 is 0 Å². The van der Waals surface area contributed by atoms with E-state index in [2.05, 4.69) is 51.0 Å². The third-order valence-electron chi connectivity index (χ3n) is 5.10. The second-order valence-corrected chi connectivity index (χ2v) is 7.32. The summed E-state index contributed by atoms with van der Waals surface area (Å²) in [5, 5.41) is 0. The van der Waals surface area contributed by atoms with Crippen molar-refractivity contribution in [3.8, 4) is 11.4 Å². The van der Waals surface area contributed by atoms with Crippen LogP contribution in [0.5, 0.6) is 0 Å².